The molecule has 3 N–H and O–H groups in total. The molecule has 1 heterocycles. The maximum atomic E-state index is 13.5. The number of hydrogen-bond acceptors (Lipinski definition) is 6. The number of aromatic nitrogens is 2. The first-order chi connectivity index (χ1) is 12.5. The topological polar surface area (TPSA) is 88.2 Å². The van der Waals surface area contributed by atoms with Gasteiger partial charge in [0.05, 0.1) is 0 Å². The fourth-order valence-electron chi connectivity index (χ4n) is 2.23. The number of benzene rings is 1. The van der Waals surface area contributed by atoms with Crippen LogP contribution in [0.2, 0.25) is 0 Å². The normalized spacial score (nSPS) is 11.5. The summed E-state index contributed by atoms with van der Waals surface area (Å²) in [6.45, 7) is 7.02. The van der Waals surface area contributed by atoms with Crippen molar-refractivity contribution >= 4 is 17.5 Å². The number of anilines is 2. The summed E-state index contributed by atoms with van der Waals surface area (Å²) in [7, 11) is 0. The van der Waals surface area contributed by atoms with Gasteiger partial charge in [0.2, 0.25) is 0 Å². The van der Waals surface area contributed by atoms with Gasteiger partial charge in [0.25, 0.3) is 5.91 Å². The van der Waals surface area contributed by atoms with Crippen molar-refractivity contribution in [3.05, 3.63) is 42.0 Å². The molecule has 7 nitrogen and oxygen atoms in total. The van der Waals surface area contributed by atoms with E-state index >= 15 is 0 Å². The lowest BCUT2D eigenvalue weighted by Crippen LogP contribution is -2.38. The highest BCUT2D eigenvalue weighted by atomic mass is 19.1. The molecule has 0 radical (unpaired) electrons. The van der Waals surface area contributed by atoms with Crippen LogP contribution in [0.25, 0.3) is 0 Å². The number of nitrogens with zero attached hydrogens (tertiary/aromatic N) is 2. The molecule has 1 unspecified atom stereocenters. The summed E-state index contributed by atoms with van der Waals surface area (Å²) in [5.41, 5.74) is 0. The summed E-state index contributed by atoms with van der Waals surface area (Å²) < 4.78 is 18.9. The van der Waals surface area contributed by atoms with Gasteiger partial charge in [-0.25, -0.2) is 14.4 Å². The molecule has 1 aromatic carbocycles. The molecule has 1 atom stereocenters. The number of nitrogens with one attached hydrogen (secondary N) is 3. The Kier molecular flexibility index (Phi) is 7.13. The van der Waals surface area contributed by atoms with Gasteiger partial charge in [0.1, 0.15) is 17.5 Å². The van der Waals surface area contributed by atoms with Crippen LogP contribution in [0.1, 0.15) is 19.7 Å². The number of carbonyl (C=O) groups excluding carboxylic acids is 1. The van der Waals surface area contributed by atoms with Crippen molar-refractivity contribution in [2.75, 3.05) is 30.3 Å². The van der Waals surface area contributed by atoms with Crippen LogP contribution in [0.4, 0.5) is 16.0 Å². The van der Waals surface area contributed by atoms with Crippen molar-refractivity contribution in [1.82, 2.24) is 15.3 Å². The first-order valence-electron chi connectivity index (χ1n) is 8.52. The molecule has 1 amide bonds. The minimum absolute atomic E-state index is 0.0562. The number of carbonyl (C=O) groups is 1. The van der Waals surface area contributed by atoms with Gasteiger partial charge in [-0.3, -0.25) is 4.79 Å². The molecule has 0 fully saturated rings. The van der Waals surface area contributed by atoms with Crippen molar-refractivity contribution < 1.29 is 13.9 Å². The Morgan fingerprint density at radius 1 is 1.19 bits per heavy atom. The van der Waals surface area contributed by atoms with Crippen LogP contribution < -0.4 is 20.7 Å². The smallest absolute Gasteiger partial charge is 0.260 e. The lowest BCUT2D eigenvalue weighted by Gasteiger charge is -2.15. The zero-order valence-electron chi connectivity index (χ0n) is 15.2. The maximum absolute atomic E-state index is 13.5. The summed E-state index contributed by atoms with van der Waals surface area (Å²) >= 11 is 0. The number of para-hydroxylation sites is 1. The molecule has 0 aliphatic rings. The largest absolute Gasteiger partial charge is 0.478 e. The van der Waals surface area contributed by atoms with Crippen LogP contribution >= 0.6 is 0 Å². The van der Waals surface area contributed by atoms with Gasteiger partial charge in [-0.15, -0.1) is 0 Å². The Hall–Kier alpha value is -2.90. The van der Waals surface area contributed by atoms with Crippen LogP contribution in [0.5, 0.6) is 5.75 Å². The minimum Gasteiger partial charge on any atom is -0.478 e. The SMILES string of the molecule is CCNc1cc(NCCNC(=O)C(C)Oc2ccccc2F)nc(C)n1. The third-order valence-electron chi connectivity index (χ3n) is 3.44. The third-order valence-corrected chi connectivity index (χ3v) is 3.44. The highest BCUT2D eigenvalue weighted by Gasteiger charge is 2.15. The number of halogens is 1. The molecule has 0 bridgehead atoms. The lowest BCUT2D eigenvalue weighted by molar-refractivity contribution is -0.127. The summed E-state index contributed by atoms with van der Waals surface area (Å²) in [5, 5.41) is 9.00. The van der Waals surface area contributed by atoms with Crippen molar-refractivity contribution in [2.24, 2.45) is 0 Å². The van der Waals surface area contributed by atoms with Crippen molar-refractivity contribution in [3.63, 3.8) is 0 Å². The van der Waals surface area contributed by atoms with Crippen LogP contribution in [0.15, 0.2) is 30.3 Å². The molecule has 0 saturated carbocycles. The van der Waals surface area contributed by atoms with E-state index < -0.39 is 11.9 Å². The van der Waals surface area contributed by atoms with E-state index in [1.807, 2.05) is 19.9 Å². The lowest BCUT2D eigenvalue weighted by atomic mass is 10.3. The van der Waals surface area contributed by atoms with Gasteiger partial charge in [-0.1, -0.05) is 12.1 Å². The van der Waals surface area contributed by atoms with E-state index in [0.717, 1.165) is 12.4 Å². The summed E-state index contributed by atoms with van der Waals surface area (Å²) in [6.07, 6.45) is -0.798. The van der Waals surface area contributed by atoms with Gasteiger partial charge in [-0.2, -0.15) is 0 Å². The molecule has 140 valence electrons. The highest BCUT2D eigenvalue weighted by Crippen LogP contribution is 2.17. The van der Waals surface area contributed by atoms with Gasteiger partial charge >= 0.3 is 0 Å². The monoisotopic (exact) mass is 361 g/mol. The van der Waals surface area contributed by atoms with Crippen LogP contribution in [0.3, 0.4) is 0 Å². The van der Waals surface area contributed by atoms with Gasteiger partial charge < -0.3 is 20.7 Å². The summed E-state index contributed by atoms with van der Waals surface area (Å²) in [4.78, 5) is 20.6. The fraction of sp³-hybridized carbons (Fsp3) is 0.389. The Morgan fingerprint density at radius 3 is 2.58 bits per heavy atom. The standard InChI is InChI=1S/C18H24FN5O2/c1-4-20-16-11-17(24-13(3)23-16)21-9-10-22-18(25)12(2)26-15-8-6-5-7-14(15)19/h5-8,11-12H,4,9-10H2,1-3H3,(H,22,25)(H2,20,21,23,24). The van der Waals surface area contributed by atoms with Crippen molar-refractivity contribution in [1.29, 1.82) is 0 Å². The number of aryl methyl sites for hydroxylation is 1. The zero-order valence-corrected chi connectivity index (χ0v) is 15.2. The zero-order chi connectivity index (χ0) is 18.9. The molecule has 2 rings (SSSR count). The highest BCUT2D eigenvalue weighted by molar-refractivity contribution is 5.80. The maximum Gasteiger partial charge on any atom is 0.260 e. The van der Waals surface area contributed by atoms with E-state index in [2.05, 4.69) is 25.9 Å². The predicted molar refractivity (Wildman–Crippen MR) is 98.9 cm³/mol. The quantitative estimate of drug-likeness (QED) is 0.594. The first kappa shape index (κ1) is 19.4. The second-order valence-corrected chi connectivity index (χ2v) is 5.62. The van der Waals surface area contributed by atoms with Gasteiger partial charge in [-0.05, 0) is 32.9 Å². The van der Waals surface area contributed by atoms with E-state index in [4.69, 9.17) is 4.74 Å². The number of rotatable bonds is 9. The van der Waals surface area contributed by atoms with E-state index in [0.29, 0.717) is 24.7 Å². The van der Waals surface area contributed by atoms with Crippen molar-refractivity contribution in [3.8, 4) is 5.75 Å². The average molecular weight is 361 g/mol. The number of ether oxygens (including phenoxy) is 1. The minimum atomic E-state index is -0.798. The molecule has 26 heavy (non-hydrogen) atoms. The van der Waals surface area contributed by atoms with E-state index in [9.17, 15) is 9.18 Å². The molecule has 1 aromatic heterocycles. The van der Waals surface area contributed by atoms with Crippen LogP contribution in [-0.4, -0.2) is 41.6 Å². The van der Waals surface area contributed by atoms with Gasteiger partial charge in [0.15, 0.2) is 17.7 Å². The Balaban J connectivity index is 1.77. The van der Waals surface area contributed by atoms with Gasteiger partial charge in [0, 0.05) is 25.7 Å². The third kappa shape index (κ3) is 5.87. The summed E-state index contributed by atoms with van der Waals surface area (Å²) in [6, 6.07) is 7.80. The molecule has 0 aliphatic heterocycles. The number of amides is 1. The summed E-state index contributed by atoms with van der Waals surface area (Å²) in [5.74, 6) is 1.33. The molecule has 0 saturated heterocycles. The molecule has 0 aliphatic carbocycles. The Bertz CT molecular complexity index is 741. The molecule has 0 spiro atoms. The second-order valence-electron chi connectivity index (χ2n) is 5.62. The molecule has 2 aromatic rings. The predicted octanol–water partition coefficient (Wildman–Crippen LogP) is 2.35. The fourth-order valence-corrected chi connectivity index (χ4v) is 2.23. The van der Waals surface area contributed by atoms with Crippen LogP contribution in [0, 0.1) is 12.7 Å². The average Bonchev–Trinajstić information content (AvgIpc) is 2.60. The first-order valence-corrected chi connectivity index (χ1v) is 8.52. The van der Waals surface area contributed by atoms with Crippen LogP contribution in [-0.2, 0) is 4.79 Å². The number of hydrogen-bond donors (Lipinski definition) is 3. The Labute approximate surface area is 152 Å². The molecule has 8 heteroatoms. The van der Waals surface area contributed by atoms with E-state index in [-0.39, 0.29) is 11.7 Å². The molecular weight excluding hydrogens is 337 g/mol. The van der Waals surface area contributed by atoms with E-state index in [1.54, 1.807) is 19.1 Å². The van der Waals surface area contributed by atoms with Crippen molar-refractivity contribution in [2.45, 2.75) is 26.9 Å². The Morgan fingerprint density at radius 2 is 1.88 bits per heavy atom. The van der Waals surface area contributed by atoms with E-state index in [1.165, 1.54) is 12.1 Å². The second kappa shape index (κ2) is 9.55. The molecular formula is C18H24FN5O2.